The zero-order valence-corrected chi connectivity index (χ0v) is 19.5. The number of carbonyl (C=O) groups excluding carboxylic acids is 2. The van der Waals surface area contributed by atoms with Crippen LogP contribution in [0.4, 0.5) is 21.1 Å². The highest BCUT2D eigenvalue weighted by atomic mass is 16.6. The number of nitrogens with zero attached hydrogens (tertiary/aromatic N) is 3. The van der Waals surface area contributed by atoms with Gasteiger partial charge in [0, 0.05) is 38.3 Å². The summed E-state index contributed by atoms with van der Waals surface area (Å²) in [7, 11) is 1.77. The minimum atomic E-state index is -0.769. The molecule has 34 heavy (non-hydrogen) atoms. The van der Waals surface area contributed by atoms with Crippen LogP contribution in [0.1, 0.15) is 48.9 Å². The van der Waals surface area contributed by atoms with E-state index in [-0.39, 0.29) is 30.6 Å². The van der Waals surface area contributed by atoms with Gasteiger partial charge in [-0.2, -0.15) is 5.10 Å². The topological polar surface area (TPSA) is 126 Å². The lowest BCUT2D eigenvalue weighted by Gasteiger charge is -2.32. The van der Waals surface area contributed by atoms with E-state index in [2.05, 4.69) is 15.7 Å². The van der Waals surface area contributed by atoms with Crippen LogP contribution in [0.15, 0.2) is 24.3 Å². The number of ether oxygens (including phenoxy) is 1. The molecule has 10 nitrogen and oxygen atoms in total. The van der Waals surface area contributed by atoms with Crippen LogP contribution in [-0.4, -0.2) is 50.5 Å². The second-order valence-corrected chi connectivity index (χ2v) is 9.15. The molecule has 0 bridgehead atoms. The van der Waals surface area contributed by atoms with Crippen LogP contribution in [0.2, 0.25) is 0 Å². The molecule has 1 aromatic carbocycles. The molecule has 1 aromatic heterocycles. The van der Waals surface area contributed by atoms with Crippen molar-refractivity contribution >= 4 is 29.6 Å². The Kier molecular flexibility index (Phi) is 7.04. The van der Waals surface area contributed by atoms with E-state index >= 15 is 0 Å². The van der Waals surface area contributed by atoms with Crippen LogP contribution >= 0.6 is 0 Å². The van der Waals surface area contributed by atoms with Gasteiger partial charge in [0.2, 0.25) is 0 Å². The van der Waals surface area contributed by atoms with E-state index in [1.807, 2.05) is 25.1 Å². The summed E-state index contributed by atoms with van der Waals surface area (Å²) in [5.41, 5.74) is 3.62. The summed E-state index contributed by atoms with van der Waals surface area (Å²) in [6.45, 7) is 2.87. The van der Waals surface area contributed by atoms with Crippen molar-refractivity contribution in [3.63, 3.8) is 0 Å². The number of amides is 3. The van der Waals surface area contributed by atoms with E-state index in [0.29, 0.717) is 43.9 Å². The molecule has 2 aromatic rings. The molecule has 1 aliphatic carbocycles. The number of hydrogen-bond donors (Lipinski definition) is 3. The summed E-state index contributed by atoms with van der Waals surface area (Å²) >= 11 is 0. The summed E-state index contributed by atoms with van der Waals surface area (Å²) in [5.74, 6) is 0.0137. The lowest BCUT2D eigenvalue weighted by Crippen LogP contribution is -2.39. The van der Waals surface area contributed by atoms with Gasteiger partial charge in [0.25, 0.3) is 0 Å². The fourth-order valence-electron chi connectivity index (χ4n) is 4.71. The van der Waals surface area contributed by atoms with Gasteiger partial charge < -0.3 is 20.1 Å². The molecule has 0 radical (unpaired) electrons. The van der Waals surface area contributed by atoms with Gasteiger partial charge in [0.15, 0.2) is 0 Å². The summed E-state index contributed by atoms with van der Waals surface area (Å²) in [6, 6.07) is 7.14. The fraction of sp³-hybridized carbons (Fsp3) is 0.500. The monoisotopic (exact) mass is 469 g/mol. The highest BCUT2D eigenvalue weighted by molar-refractivity contribution is 5.99. The third-order valence-corrected chi connectivity index (χ3v) is 6.50. The number of urea groups is 1. The number of nitrogens with one attached hydrogen (secondary N) is 2. The molecule has 2 aliphatic rings. The Hall–Kier alpha value is -3.56. The van der Waals surface area contributed by atoms with Gasteiger partial charge in [-0.3, -0.25) is 14.8 Å². The molecule has 1 fully saturated rings. The molecule has 0 unspecified atom stereocenters. The normalized spacial score (nSPS) is 19.8. The maximum Gasteiger partial charge on any atom is 0.410 e. The van der Waals surface area contributed by atoms with Crippen molar-refractivity contribution in [1.82, 2.24) is 14.7 Å². The maximum absolute atomic E-state index is 12.7. The minimum absolute atomic E-state index is 0.146. The SMILES string of the molecule is Cc1cc(NC(=O)Nc2ccc3c(c2)CCN(C(=O)OC2CCC(CC(=O)O)CC2)C3)n(C)n1. The summed E-state index contributed by atoms with van der Waals surface area (Å²) in [5, 5.41) is 18.8. The van der Waals surface area contributed by atoms with Crippen LogP contribution in [0, 0.1) is 12.8 Å². The van der Waals surface area contributed by atoms with Crippen molar-refractivity contribution in [2.75, 3.05) is 17.2 Å². The molecule has 0 atom stereocenters. The second-order valence-electron chi connectivity index (χ2n) is 9.15. The third kappa shape index (κ3) is 5.86. The number of aliphatic carboxylic acids is 1. The first-order valence-electron chi connectivity index (χ1n) is 11.6. The van der Waals surface area contributed by atoms with E-state index in [0.717, 1.165) is 29.7 Å². The highest BCUT2D eigenvalue weighted by Gasteiger charge is 2.28. The number of anilines is 2. The number of rotatable bonds is 5. The number of fused-ring (bicyclic) bond motifs is 1. The Bertz CT molecular complexity index is 1070. The smallest absolute Gasteiger partial charge is 0.410 e. The van der Waals surface area contributed by atoms with Crippen molar-refractivity contribution in [3.8, 4) is 0 Å². The Morgan fingerprint density at radius 2 is 1.88 bits per heavy atom. The summed E-state index contributed by atoms with van der Waals surface area (Å²) < 4.78 is 7.32. The standard InChI is InChI=1S/C24H31N5O5/c1-15-11-21(28(2)27-15)26-23(32)25-19-6-5-18-14-29(10-9-17(18)13-19)24(33)34-20-7-3-16(4-8-20)12-22(30)31/h5-6,11,13,16,20H,3-4,7-10,12,14H2,1-2H3,(H,30,31)(H2,25,26,32). The van der Waals surface area contributed by atoms with E-state index < -0.39 is 5.97 Å². The van der Waals surface area contributed by atoms with Crippen molar-refractivity contribution < 1.29 is 24.2 Å². The number of hydrogen-bond acceptors (Lipinski definition) is 5. The lowest BCUT2D eigenvalue weighted by atomic mass is 9.85. The van der Waals surface area contributed by atoms with Crippen molar-refractivity contribution in [1.29, 1.82) is 0 Å². The first-order valence-corrected chi connectivity index (χ1v) is 11.6. The van der Waals surface area contributed by atoms with E-state index in [1.165, 1.54) is 0 Å². The molecule has 1 saturated carbocycles. The summed E-state index contributed by atoms with van der Waals surface area (Å²) in [4.78, 5) is 37.6. The molecule has 3 amide bonds. The lowest BCUT2D eigenvalue weighted by molar-refractivity contribution is -0.138. The molecular formula is C24H31N5O5. The van der Waals surface area contributed by atoms with Gasteiger partial charge >= 0.3 is 18.1 Å². The predicted octanol–water partition coefficient (Wildman–Crippen LogP) is 3.90. The first-order chi connectivity index (χ1) is 16.3. The molecule has 0 spiro atoms. The summed E-state index contributed by atoms with van der Waals surface area (Å²) in [6.07, 6.45) is 3.37. The Morgan fingerprint density at radius 3 is 2.56 bits per heavy atom. The number of aryl methyl sites for hydroxylation is 2. The van der Waals surface area contributed by atoms with Crippen LogP contribution in [0.3, 0.4) is 0 Å². The first kappa shape index (κ1) is 23.6. The largest absolute Gasteiger partial charge is 0.481 e. The second kappa shape index (κ2) is 10.1. The highest BCUT2D eigenvalue weighted by Crippen LogP contribution is 2.30. The van der Waals surface area contributed by atoms with Crippen molar-refractivity contribution in [2.24, 2.45) is 13.0 Å². The number of carboxylic acid groups (broad SMARTS) is 1. The maximum atomic E-state index is 12.7. The molecule has 2 heterocycles. The van der Waals surface area contributed by atoms with Crippen molar-refractivity contribution in [3.05, 3.63) is 41.1 Å². The molecular weight excluding hydrogens is 438 g/mol. The van der Waals surface area contributed by atoms with Crippen LogP contribution in [-0.2, 0) is 29.5 Å². The van der Waals surface area contributed by atoms with Gasteiger partial charge in [-0.15, -0.1) is 0 Å². The molecule has 3 N–H and O–H groups in total. The molecule has 1 aliphatic heterocycles. The van der Waals surface area contributed by atoms with E-state index in [4.69, 9.17) is 9.84 Å². The van der Waals surface area contributed by atoms with E-state index in [9.17, 15) is 14.4 Å². The van der Waals surface area contributed by atoms with Crippen LogP contribution in [0.5, 0.6) is 0 Å². The Morgan fingerprint density at radius 1 is 1.12 bits per heavy atom. The van der Waals surface area contributed by atoms with Gasteiger partial charge in [-0.05, 0) is 68.2 Å². The van der Waals surface area contributed by atoms with Gasteiger partial charge in [-0.25, -0.2) is 9.59 Å². The number of aromatic nitrogens is 2. The van der Waals surface area contributed by atoms with Crippen molar-refractivity contribution in [2.45, 2.75) is 58.1 Å². The third-order valence-electron chi connectivity index (χ3n) is 6.50. The molecule has 182 valence electrons. The van der Waals surface area contributed by atoms with Crippen LogP contribution < -0.4 is 10.6 Å². The predicted molar refractivity (Wildman–Crippen MR) is 126 cm³/mol. The molecule has 10 heteroatoms. The number of benzene rings is 1. The minimum Gasteiger partial charge on any atom is -0.481 e. The average molecular weight is 470 g/mol. The van der Waals surface area contributed by atoms with Gasteiger partial charge in [-0.1, -0.05) is 6.07 Å². The molecule has 4 rings (SSSR count). The van der Waals surface area contributed by atoms with Gasteiger partial charge in [0.05, 0.1) is 5.69 Å². The quantitative estimate of drug-likeness (QED) is 0.610. The van der Waals surface area contributed by atoms with Gasteiger partial charge in [0.1, 0.15) is 11.9 Å². The fourth-order valence-corrected chi connectivity index (χ4v) is 4.71. The Labute approximate surface area is 198 Å². The molecule has 0 saturated heterocycles. The number of carbonyl (C=O) groups is 3. The van der Waals surface area contributed by atoms with Crippen LogP contribution in [0.25, 0.3) is 0 Å². The zero-order chi connectivity index (χ0) is 24.2. The Balaban J connectivity index is 1.27. The zero-order valence-electron chi connectivity index (χ0n) is 19.5. The average Bonchev–Trinajstić information content (AvgIpc) is 3.10. The number of carboxylic acids is 1. The van der Waals surface area contributed by atoms with E-state index in [1.54, 1.807) is 22.7 Å².